The van der Waals surface area contributed by atoms with Crippen molar-refractivity contribution in [2.75, 3.05) is 0 Å². The van der Waals surface area contributed by atoms with Crippen molar-refractivity contribution in [1.29, 1.82) is 0 Å². The van der Waals surface area contributed by atoms with Gasteiger partial charge in [0.15, 0.2) is 0 Å². The van der Waals surface area contributed by atoms with Crippen LogP contribution in [0.5, 0.6) is 0 Å². The largest absolute Gasteiger partial charge is 0.271 e. The fraction of sp³-hybridized carbons (Fsp3) is 0.812. The van der Waals surface area contributed by atoms with Crippen LogP contribution < -0.4 is 11.3 Å². The summed E-state index contributed by atoms with van der Waals surface area (Å²) in [5, 5.41) is 4.60. The molecule has 20 heavy (non-hydrogen) atoms. The summed E-state index contributed by atoms with van der Waals surface area (Å²) < 4.78 is 2.11. The van der Waals surface area contributed by atoms with Crippen LogP contribution in [0.4, 0.5) is 0 Å². The van der Waals surface area contributed by atoms with Gasteiger partial charge in [0.1, 0.15) is 0 Å². The number of unbranched alkanes of at least 4 members (excludes halogenated alkanes) is 4. The van der Waals surface area contributed by atoms with E-state index in [4.69, 9.17) is 5.84 Å². The van der Waals surface area contributed by atoms with E-state index in [2.05, 4.69) is 42.0 Å². The molecule has 1 unspecified atom stereocenters. The zero-order valence-electron chi connectivity index (χ0n) is 13.5. The van der Waals surface area contributed by atoms with Gasteiger partial charge >= 0.3 is 0 Å². The minimum atomic E-state index is 0.364. The van der Waals surface area contributed by atoms with E-state index in [1.807, 2.05) is 0 Å². The van der Waals surface area contributed by atoms with Gasteiger partial charge in [-0.05, 0) is 25.8 Å². The lowest BCUT2D eigenvalue weighted by Gasteiger charge is -2.16. The van der Waals surface area contributed by atoms with E-state index < -0.39 is 0 Å². The summed E-state index contributed by atoms with van der Waals surface area (Å²) in [5.41, 5.74) is 5.47. The second-order valence-corrected chi connectivity index (χ2v) is 5.57. The molecule has 1 aromatic rings. The number of hydrogen-bond donors (Lipinski definition) is 2. The molecular weight excluding hydrogens is 248 g/mol. The molecule has 0 saturated carbocycles. The van der Waals surface area contributed by atoms with E-state index in [9.17, 15) is 0 Å². The number of rotatable bonds is 11. The molecule has 0 aromatic carbocycles. The molecule has 1 rings (SSSR count). The zero-order valence-corrected chi connectivity index (χ0v) is 13.5. The first-order chi connectivity index (χ1) is 9.74. The Balaban J connectivity index is 2.44. The predicted molar refractivity (Wildman–Crippen MR) is 85.5 cm³/mol. The Morgan fingerprint density at radius 2 is 1.95 bits per heavy atom. The Kier molecular flexibility index (Phi) is 8.54. The maximum Gasteiger partial charge on any atom is 0.0624 e. The lowest BCUT2D eigenvalue weighted by molar-refractivity contribution is 0.447. The molecule has 0 saturated heterocycles. The highest BCUT2D eigenvalue weighted by Crippen LogP contribution is 2.13. The van der Waals surface area contributed by atoms with E-state index >= 15 is 0 Å². The molecule has 0 aliphatic heterocycles. The number of hydrazine groups is 1. The van der Waals surface area contributed by atoms with Gasteiger partial charge in [-0.3, -0.25) is 16.0 Å². The number of nitrogens with one attached hydrogen (secondary N) is 1. The van der Waals surface area contributed by atoms with Gasteiger partial charge in [-0.15, -0.1) is 0 Å². The van der Waals surface area contributed by atoms with Gasteiger partial charge in [-0.25, -0.2) is 0 Å². The molecule has 1 aromatic heterocycles. The molecule has 0 amide bonds. The lowest BCUT2D eigenvalue weighted by atomic mass is 10.0. The van der Waals surface area contributed by atoms with E-state index in [-0.39, 0.29) is 0 Å². The summed E-state index contributed by atoms with van der Waals surface area (Å²) in [6.07, 6.45) is 9.70. The maximum absolute atomic E-state index is 5.71. The lowest BCUT2D eigenvalue weighted by Crippen LogP contribution is -2.37. The molecule has 0 fully saturated rings. The highest BCUT2D eigenvalue weighted by Gasteiger charge is 2.12. The zero-order chi connectivity index (χ0) is 14.8. The smallest absolute Gasteiger partial charge is 0.0624 e. The molecule has 0 aliphatic carbocycles. The summed E-state index contributed by atoms with van der Waals surface area (Å²) in [7, 11) is 0. The van der Waals surface area contributed by atoms with E-state index in [0.717, 1.165) is 25.8 Å². The van der Waals surface area contributed by atoms with Crippen molar-refractivity contribution in [2.45, 2.75) is 84.7 Å². The van der Waals surface area contributed by atoms with Gasteiger partial charge in [0, 0.05) is 24.7 Å². The van der Waals surface area contributed by atoms with Crippen LogP contribution in [0.2, 0.25) is 0 Å². The van der Waals surface area contributed by atoms with E-state index in [0.29, 0.717) is 6.04 Å². The van der Waals surface area contributed by atoms with Gasteiger partial charge < -0.3 is 0 Å². The van der Waals surface area contributed by atoms with Crippen molar-refractivity contribution in [3.63, 3.8) is 0 Å². The van der Waals surface area contributed by atoms with Gasteiger partial charge in [0.25, 0.3) is 0 Å². The first-order valence-electron chi connectivity index (χ1n) is 8.26. The monoisotopic (exact) mass is 280 g/mol. The van der Waals surface area contributed by atoms with Crippen molar-refractivity contribution in [1.82, 2.24) is 15.2 Å². The van der Waals surface area contributed by atoms with Crippen molar-refractivity contribution < 1.29 is 0 Å². The van der Waals surface area contributed by atoms with Gasteiger partial charge in [-0.1, -0.05) is 46.0 Å². The summed E-state index contributed by atoms with van der Waals surface area (Å²) in [5.74, 6) is 5.71. The third-order valence-electron chi connectivity index (χ3n) is 3.92. The first-order valence-corrected chi connectivity index (χ1v) is 8.26. The molecule has 1 atom stereocenters. The highest BCUT2D eigenvalue weighted by molar-refractivity contribution is 5.11. The number of hydrogen-bond acceptors (Lipinski definition) is 3. The average molecular weight is 280 g/mol. The van der Waals surface area contributed by atoms with Gasteiger partial charge in [0.05, 0.1) is 5.69 Å². The molecule has 0 bridgehead atoms. The minimum Gasteiger partial charge on any atom is -0.271 e. The average Bonchev–Trinajstić information content (AvgIpc) is 2.87. The summed E-state index contributed by atoms with van der Waals surface area (Å²) >= 11 is 0. The standard InChI is InChI=1S/C16H32N4/c1-4-7-8-9-10-11-15(18-17)13-16-12-14(5-2)19-20(16)6-3/h12,15,18H,4-11,13,17H2,1-3H3. The molecule has 4 heteroatoms. The van der Waals surface area contributed by atoms with Crippen LogP contribution in [0.1, 0.15) is 70.7 Å². The SMILES string of the molecule is CCCCCCCC(Cc1cc(CC)nn1CC)NN. The first kappa shape index (κ1) is 17.2. The molecule has 1 heterocycles. The Morgan fingerprint density at radius 1 is 1.20 bits per heavy atom. The van der Waals surface area contributed by atoms with Crippen LogP contribution in [-0.4, -0.2) is 15.8 Å². The van der Waals surface area contributed by atoms with Crippen LogP contribution in [0.25, 0.3) is 0 Å². The van der Waals surface area contributed by atoms with E-state index in [1.54, 1.807) is 0 Å². The Bertz CT molecular complexity index is 359. The van der Waals surface area contributed by atoms with Gasteiger partial charge in [-0.2, -0.15) is 5.10 Å². The fourth-order valence-corrected chi connectivity index (χ4v) is 2.62. The predicted octanol–water partition coefficient (Wildman–Crippen LogP) is 3.20. The van der Waals surface area contributed by atoms with Crippen LogP contribution in [0.15, 0.2) is 6.07 Å². The number of nitrogens with two attached hydrogens (primary N) is 1. The molecule has 4 nitrogen and oxygen atoms in total. The highest BCUT2D eigenvalue weighted by atomic mass is 15.3. The molecule has 116 valence electrons. The quantitative estimate of drug-likeness (QED) is 0.372. The summed E-state index contributed by atoms with van der Waals surface area (Å²) in [6, 6.07) is 2.59. The van der Waals surface area contributed by atoms with Crippen LogP contribution in [-0.2, 0) is 19.4 Å². The molecule has 0 radical (unpaired) electrons. The number of aromatic nitrogens is 2. The minimum absolute atomic E-state index is 0.364. The number of nitrogens with zero attached hydrogens (tertiary/aromatic N) is 2. The van der Waals surface area contributed by atoms with Crippen molar-refractivity contribution in [3.05, 3.63) is 17.5 Å². The van der Waals surface area contributed by atoms with Crippen LogP contribution >= 0.6 is 0 Å². The Morgan fingerprint density at radius 3 is 2.55 bits per heavy atom. The van der Waals surface area contributed by atoms with E-state index in [1.165, 1.54) is 43.5 Å². The Hall–Kier alpha value is -0.870. The topological polar surface area (TPSA) is 55.9 Å². The summed E-state index contributed by atoms with van der Waals surface area (Å²) in [6.45, 7) is 7.48. The number of aryl methyl sites for hydroxylation is 2. The normalized spacial score (nSPS) is 12.8. The van der Waals surface area contributed by atoms with Crippen LogP contribution in [0, 0.1) is 0 Å². The molecule has 3 N–H and O–H groups in total. The third-order valence-corrected chi connectivity index (χ3v) is 3.92. The van der Waals surface area contributed by atoms with Crippen molar-refractivity contribution in [2.24, 2.45) is 5.84 Å². The Labute approximate surface area is 124 Å². The molecule has 0 spiro atoms. The molecular formula is C16H32N4. The second-order valence-electron chi connectivity index (χ2n) is 5.57. The molecule has 0 aliphatic rings. The second kappa shape index (κ2) is 9.94. The van der Waals surface area contributed by atoms with Gasteiger partial charge in [0.2, 0.25) is 0 Å². The maximum atomic E-state index is 5.71. The third kappa shape index (κ3) is 5.63. The fourth-order valence-electron chi connectivity index (χ4n) is 2.62. The van der Waals surface area contributed by atoms with Crippen molar-refractivity contribution in [3.8, 4) is 0 Å². The summed E-state index contributed by atoms with van der Waals surface area (Å²) in [4.78, 5) is 0. The van der Waals surface area contributed by atoms with Crippen LogP contribution in [0.3, 0.4) is 0 Å². The van der Waals surface area contributed by atoms with Crippen molar-refractivity contribution >= 4 is 0 Å².